The highest BCUT2D eigenvalue weighted by Crippen LogP contribution is 2.32. The molecule has 0 aromatic heterocycles. The van der Waals surface area contributed by atoms with Crippen LogP contribution in [0.2, 0.25) is 0 Å². The zero-order valence-corrected chi connectivity index (χ0v) is 26.7. The Labute approximate surface area is 261 Å². The quantitative estimate of drug-likeness (QED) is 0.0759. The van der Waals surface area contributed by atoms with Crippen LogP contribution < -0.4 is 21.7 Å². The maximum atomic E-state index is 13.8. The van der Waals surface area contributed by atoms with E-state index in [-0.39, 0.29) is 35.5 Å². The Kier molecular flexibility index (Phi) is 15.2. The van der Waals surface area contributed by atoms with Crippen LogP contribution in [0.4, 0.5) is 0 Å². The molecule has 0 aliphatic heterocycles. The highest BCUT2D eigenvalue weighted by Gasteiger charge is 2.45. The van der Waals surface area contributed by atoms with Crippen LogP contribution in [0.5, 0.6) is 11.5 Å². The van der Waals surface area contributed by atoms with E-state index in [2.05, 4.69) is 28.6 Å². The molecule has 2 rings (SSSR count). The van der Waals surface area contributed by atoms with Crippen molar-refractivity contribution >= 4 is 23.6 Å². The Bertz CT molecular complexity index is 1180. The first-order valence-electron chi connectivity index (χ1n) is 16.0. The monoisotopic (exact) mass is 610 g/mol. The molecule has 0 bridgehead atoms. The van der Waals surface area contributed by atoms with Gasteiger partial charge in [-0.1, -0.05) is 96.9 Å². The normalized spacial score (nSPS) is 11.1. The van der Waals surface area contributed by atoms with E-state index < -0.39 is 29.0 Å². The van der Waals surface area contributed by atoms with Crippen molar-refractivity contribution < 1.29 is 29.4 Å². The lowest BCUT2D eigenvalue weighted by Crippen LogP contribution is -2.58. The highest BCUT2D eigenvalue weighted by molar-refractivity contribution is 6.07. The Morgan fingerprint density at radius 3 is 1.43 bits per heavy atom. The van der Waals surface area contributed by atoms with Crippen LogP contribution >= 0.6 is 0 Å². The first-order chi connectivity index (χ1) is 21.2. The molecular formula is C34H50N4O6. The van der Waals surface area contributed by atoms with Gasteiger partial charge in [0.1, 0.15) is 16.9 Å². The Balaban J connectivity index is 2.29. The first kappa shape index (κ1) is 36.1. The molecule has 0 fully saturated rings. The average Bonchev–Trinajstić information content (AvgIpc) is 3.01. The molecule has 44 heavy (non-hydrogen) atoms. The van der Waals surface area contributed by atoms with E-state index in [4.69, 9.17) is 0 Å². The summed E-state index contributed by atoms with van der Waals surface area (Å²) in [6.45, 7) is 7.96. The van der Waals surface area contributed by atoms with Crippen LogP contribution in [-0.2, 0) is 22.4 Å². The first-order valence-corrected chi connectivity index (χ1v) is 16.0. The Hall–Kier alpha value is -4.08. The summed E-state index contributed by atoms with van der Waals surface area (Å²) < 4.78 is 0. The Morgan fingerprint density at radius 1 is 0.568 bits per heavy atom. The third kappa shape index (κ3) is 9.72. The maximum absolute atomic E-state index is 13.8. The number of hydrogen-bond donors (Lipinski definition) is 6. The molecule has 10 heteroatoms. The molecule has 0 heterocycles. The van der Waals surface area contributed by atoms with Crippen molar-refractivity contribution in [3.05, 3.63) is 58.7 Å². The standard InChI is InChI=1S/C34H50N4O6/c1-5-9-12-13-23-34(22-8-4,32(43)37-35-30(41)28-24(16-10-6-2)18-14-20-26(28)39)33(44)38-36-31(42)29-25(17-11-7-3)19-15-21-27(29)40/h14-15,18-21,39-40H,5-13,16-17,22-23H2,1-4H3,(H,35,41)(H,36,42)(H,37,43)(H,38,44). The van der Waals surface area contributed by atoms with Crippen molar-refractivity contribution in [2.24, 2.45) is 5.41 Å². The van der Waals surface area contributed by atoms with Gasteiger partial charge < -0.3 is 10.2 Å². The lowest BCUT2D eigenvalue weighted by Gasteiger charge is -2.31. The molecule has 2 aromatic carbocycles. The molecule has 0 saturated carbocycles. The van der Waals surface area contributed by atoms with Crippen LogP contribution in [0.1, 0.15) is 130 Å². The topological polar surface area (TPSA) is 157 Å². The van der Waals surface area contributed by atoms with Gasteiger partial charge >= 0.3 is 0 Å². The number of carbonyl (C=O) groups is 4. The minimum Gasteiger partial charge on any atom is -0.507 e. The molecule has 4 amide bonds. The van der Waals surface area contributed by atoms with Crippen molar-refractivity contribution in [3.63, 3.8) is 0 Å². The van der Waals surface area contributed by atoms with E-state index in [1.165, 1.54) is 12.1 Å². The molecule has 6 N–H and O–H groups in total. The fourth-order valence-electron chi connectivity index (χ4n) is 5.40. The maximum Gasteiger partial charge on any atom is 0.273 e. The van der Waals surface area contributed by atoms with Crippen molar-refractivity contribution in [2.45, 2.75) is 111 Å². The zero-order chi connectivity index (χ0) is 32.5. The van der Waals surface area contributed by atoms with E-state index in [0.29, 0.717) is 36.8 Å². The van der Waals surface area contributed by atoms with Crippen LogP contribution in [0.15, 0.2) is 36.4 Å². The molecular weight excluding hydrogens is 560 g/mol. The van der Waals surface area contributed by atoms with Crippen LogP contribution in [-0.4, -0.2) is 33.8 Å². The van der Waals surface area contributed by atoms with Gasteiger partial charge in [-0.25, -0.2) is 0 Å². The molecule has 0 atom stereocenters. The molecule has 2 aromatic rings. The summed E-state index contributed by atoms with van der Waals surface area (Å²) in [4.78, 5) is 53.9. The molecule has 10 nitrogen and oxygen atoms in total. The van der Waals surface area contributed by atoms with Gasteiger partial charge in [-0.3, -0.25) is 40.9 Å². The number of phenolic OH excluding ortho intramolecular Hbond substituents is 2. The predicted molar refractivity (Wildman–Crippen MR) is 171 cm³/mol. The van der Waals surface area contributed by atoms with Gasteiger partial charge in [0.2, 0.25) is 0 Å². The number of hydrazine groups is 2. The third-order valence-electron chi connectivity index (χ3n) is 7.89. The number of unbranched alkanes of at least 4 members (excludes halogenated alkanes) is 5. The van der Waals surface area contributed by atoms with Crippen molar-refractivity contribution in [1.29, 1.82) is 0 Å². The fraction of sp³-hybridized carbons (Fsp3) is 0.529. The summed E-state index contributed by atoms with van der Waals surface area (Å²) in [5.41, 5.74) is 9.53. The number of aromatic hydroxyl groups is 2. The summed E-state index contributed by atoms with van der Waals surface area (Å²) in [5, 5.41) is 20.9. The molecule has 242 valence electrons. The second kappa shape index (κ2) is 18.6. The summed E-state index contributed by atoms with van der Waals surface area (Å²) in [6.07, 6.45) is 8.74. The van der Waals surface area contributed by atoms with Gasteiger partial charge in [-0.05, 0) is 61.8 Å². The minimum absolute atomic E-state index is 0.0727. The summed E-state index contributed by atoms with van der Waals surface area (Å²) >= 11 is 0. The lowest BCUT2D eigenvalue weighted by atomic mass is 9.77. The molecule has 0 unspecified atom stereocenters. The molecule has 0 saturated heterocycles. The van der Waals surface area contributed by atoms with Gasteiger partial charge in [0.15, 0.2) is 0 Å². The number of aryl methyl sites for hydroxylation is 2. The van der Waals surface area contributed by atoms with E-state index in [1.54, 1.807) is 24.3 Å². The van der Waals surface area contributed by atoms with Crippen LogP contribution in [0.25, 0.3) is 0 Å². The van der Waals surface area contributed by atoms with Gasteiger partial charge in [0.25, 0.3) is 23.6 Å². The number of rotatable bonds is 17. The van der Waals surface area contributed by atoms with Gasteiger partial charge in [0, 0.05) is 0 Å². The number of nitrogens with one attached hydrogen (secondary N) is 4. The highest BCUT2D eigenvalue weighted by atomic mass is 16.3. The second-order valence-corrected chi connectivity index (χ2v) is 11.3. The summed E-state index contributed by atoms with van der Waals surface area (Å²) in [7, 11) is 0. The summed E-state index contributed by atoms with van der Waals surface area (Å²) in [5.74, 6) is -3.21. The van der Waals surface area contributed by atoms with E-state index in [9.17, 15) is 29.4 Å². The zero-order valence-electron chi connectivity index (χ0n) is 26.7. The minimum atomic E-state index is -1.60. The number of carbonyl (C=O) groups excluding carboxylic acids is 4. The number of benzene rings is 2. The smallest absolute Gasteiger partial charge is 0.273 e. The van der Waals surface area contributed by atoms with Gasteiger partial charge in [-0.15, -0.1) is 0 Å². The Morgan fingerprint density at radius 2 is 1.02 bits per heavy atom. The van der Waals surface area contributed by atoms with E-state index in [1.807, 2.05) is 20.8 Å². The molecule has 0 aliphatic carbocycles. The molecule has 0 radical (unpaired) electrons. The number of amides is 4. The number of phenols is 2. The van der Waals surface area contributed by atoms with E-state index >= 15 is 0 Å². The molecule has 0 spiro atoms. The predicted octanol–water partition coefficient (Wildman–Crippen LogP) is 5.76. The third-order valence-corrected chi connectivity index (χ3v) is 7.89. The van der Waals surface area contributed by atoms with E-state index in [0.717, 1.165) is 44.9 Å². The second-order valence-electron chi connectivity index (χ2n) is 11.3. The molecule has 0 aliphatic rings. The summed E-state index contributed by atoms with van der Waals surface area (Å²) in [6, 6.07) is 9.67. The number of hydrogen-bond acceptors (Lipinski definition) is 6. The van der Waals surface area contributed by atoms with Crippen molar-refractivity contribution in [1.82, 2.24) is 21.7 Å². The largest absolute Gasteiger partial charge is 0.507 e. The van der Waals surface area contributed by atoms with Crippen LogP contribution in [0, 0.1) is 5.41 Å². The van der Waals surface area contributed by atoms with Crippen LogP contribution in [0.3, 0.4) is 0 Å². The lowest BCUT2D eigenvalue weighted by molar-refractivity contribution is -0.146. The van der Waals surface area contributed by atoms with Gasteiger partial charge in [-0.2, -0.15) is 0 Å². The van der Waals surface area contributed by atoms with Crippen molar-refractivity contribution in [3.8, 4) is 11.5 Å². The fourth-order valence-corrected chi connectivity index (χ4v) is 5.40. The van der Waals surface area contributed by atoms with Gasteiger partial charge in [0.05, 0.1) is 11.1 Å². The average molecular weight is 611 g/mol. The van der Waals surface area contributed by atoms with Crippen molar-refractivity contribution in [2.75, 3.05) is 0 Å². The SMILES string of the molecule is CCCCCCC(CCC)(C(=O)NNC(=O)c1c(O)cccc1CCCC)C(=O)NNC(=O)c1c(O)cccc1CCCC.